The van der Waals surface area contributed by atoms with E-state index in [2.05, 4.69) is 25.8 Å². The highest BCUT2D eigenvalue weighted by molar-refractivity contribution is 5.96. The molecule has 23 heavy (non-hydrogen) atoms. The Kier molecular flexibility index (Phi) is 3.68. The number of carbonyl (C=O) groups is 1. The van der Waals surface area contributed by atoms with Crippen molar-refractivity contribution in [1.82, 2.24) is 4.98 Å². The van der Waals surface area contributed by atoms with E-state index in [-0.39, 0.29) is 5.41 Å². The summed E-state index contributed by atoms with van der Waals surface area (Å²) in [6.45, 7) is 6.46. The van der Waals surface area contributed by atoms with Crippen LogP contribution in [0.5, 0.6) is 0 Å². The van der Waals surface area contributed by atoms with Gasteiger partial charge in [-0.15, -0.1) is 0 Å². The van der Waals surface area contributed by atoms with E-state index in [0.29, 0.717) is 22.6 Å². The maximum absolute atomic E-state index is 11.9. The molecule has 4 nitrogen and oxygen atoms in total. The molecule has 0 radical (unpaired) electrons. The van der Waals surface area contributed by atoms with E-state index < -0.39 is 5.97 Å². The zero-order valence-corrected chi connectivity index (χ0v) is 13.7. The number of aromatic nitrogens is 1. The van der Waals surface area contributed by atoms with Gasteiger partial charge in [0.15, 0.2) is 5.58 Å². The Morgan fingerprint density at radius 2 is 1.87 bits per heavy atom. The minimum atomic E-state index is -0.404. The molecule has 1 heterocycles. The van der Waals surface area contributed by atoms with Crippen LogP contribution in [0, 0.1) is 0 Å². The van der Waals surface area contributed by atoms with Crippen molar-refractivity contribution in [3.8, 4) is 11.5 Å². The maximum Gasteiger partial charge on any atom is 0.338 e. The quantitative estimate of drug-likeness (QED) is 0.650. The smallest absolute Gasteiger partial charge is 0.338 e. The highest BCUT2D eigenvalue weighted by Gasteiger charge is 2.19. The standard InChI is InChI=1S/C19H19NO3/c1-19(2,3)12-9-10-16-15(11-12)20-17(23-16)13-7-5-6-8-14(13)18(21)22-4/h5-11H,1-4H3. The van der Waals surface area contributed by atoms with Gasteiger partial charge in [0, 0.05) is 0 Å². The molecule has 0 bridgehead atoms. The van der Waals surface area contributed by atoms with Crippen LogP contribution in [0.25, 0.3) is 22.6 Å². The summed E-state index contributed by atoms with van der Waals surface area (Å²) in [5.41, 5.74) is 3.79. The third-order valence-electron chi connectivity index (χ3n) is 3.82. The highest BCUT2D eigenvalue weighted by atomic mass is 16.5. The summed E-state index contributed by atoms with van der Waals surface area (Å²) in [6.07, 6.45) is 0. The largest absolute Gasteiger partial charge is 0.465 e. The van der Waals surface area contributed by atoms with Crippen LogP contribution in [0.3, 0.4) is 0 Å². The lowest BCUT2D eigenvalue weighted by Gasteiger charge is -2.18. The maximum atomic E-state index is 11.9. The minimum absolute atomic E-state index is 0.0389. The van der Waals surface area contributed by atoms with Crippen molar-refractivity contribution in [3.05, 3.63) is 53.6 Å². The second-order valence-corrected chi connectivity index (χ2v) is 6.49. The van der Waals surface area contributed by atoms with Crippen LogP contribution in [0.15, 0.2) is 46.9 Å². The van der Waals surface area contributed by atoms with Gasteiger partial charge in [0.2, 0.25) is 5.89 Å². The SMILES string of the molecule is COC(=O)c1ccccc1-c1nc2cc(C(C)(C)C)ccc2o1. The monoisotopic (exact) mass is 309 g/mol. The van der Waals surface area contributed by atoms with Crippen molar-refractivity contribution < 1.29 is 13.9 Å². The molecule has 0 saturated heterocycles. The molecule has 0 fully saturated rings. The van der Waals surface area contributed by atoms with Crippen LogP contribution in [-0.2, 0) is 10.2 Å². The van der Waals surface area contributed by atoms with Crippen LogP contribution in [0.4, 0.5) is 0 Å². The summed E-state index contributed by atoms with van der Waals surface area (Å²) >= 11 is 0. The van der Waals surface area contributed by atoms with Gasteiger partial charge in [-0.2, -0.15) is 0 Å². The van der Waals surface area contributed by atoms with Crippen molar-refractivity contribution in [2.75, 3.05) is 7.11 Å². The molecule has 0 aliphatic heterocycles. The molecule has 0 N–H and O–H groups in total. The number of fused-ring (bicyclic) bond motifs is 1. The predicted molar refractivity (Wildman–Crippen MR) is 89.5 cm³/mol. The average molecular weight is 309 g/mol. The number of ether oxygens (including phenoxy) is 1. The number of rotatable bonds is 2. The first-order chi connectivity index (χ1) is 10.9. The summed E-state index contributed by atoms with van der Waals surface area (Å²) in [6, 6.07) is 13.1. The first-order valence-corrected chi connectivity index (χ1v) is 7.49. The molecular weight excluding hydrogens is 290 g/mol. The fourth-order valence-corrected chi connectivity index (χ4v) is 2.47. The Balaban J connectivity index is 2.13. The van der Waals surface area contributed by atoms with Crippen molar-refractivity contribution in [2.24, 2.45) is 0 Å². The van der Waals surface area contributed by atoms with E-state index in [1.165, 1.54) is 12.7 Å². The molecule has 0 atom stereocenters. The number of hydrogen-bond acceptors (Lipinski definition) is 4. The second-order valence-electron chi connectivity index (χ2n) is 6.49. The molecule has 0 unspecified atom stereocenters. The molecular formula is C19H19NO3. The van der Waals surface area contributed by atoms with Crippen molar-refractivity contribution in [3.63, 3.8) is 0 Å². The first kappa shape index (κ1) is 15.3. The van der Waals surface area contributed by atoms with E-state index >= 15 is 0 Å². The van der Waals surface area contributed by atoms with Crippen LogP contribution in [0.2, 0.25) is 0 Å². The van der Waals surface area contributed by atoms with Gasteiger partial charge in [0.1, 0.15) is 5.52 Å². The van der Waals surface area contributed by atoms with Crippen molar-refractivity contribution in [1.29, 1.82) is 0 Å². The van der Waals surface area contributed by atoms with Crippen LogP contribution in [0.1, 0.15) is 36.7 Å². The lowest BCUT2D eigenvalue weighted by atomic mass is 9.87. The summed E-state index contributed by atoms with van der Waals surface area (Å²) in [7, 11) is 1.36. The summed E-state index contributed by atoms with van der Waals surface area (Å²) in [4.78, 5) is 16.5. The number of nitrogens with zero attached hydrogens (tertiary/aromatic N) is 1. The fourth-order valence-electron chi connectivity index (χ4n) is 2.47. The summed E-state index contributed by atoms with van der Waals surface area (Å²) in [5, 5.41) is 0. The molecule has 0 amide bonds. The molecule has 0 spiro atoms. The van der Waals surface area contributed by atoms with Crippen LogP contribution in [-0.4, -0.2) is 18.1 Å². The number of hydrogen-bond donors (Lipinski definition) is 0. The van der Waals surface area contributed by atoms with Gasteiger partial charge >= 0.3 is 5.97 Å². The molecule has 4 heteroatoms. The molecule has 0 aliphatic rings. The van der Waals surface area contributed by atoms with Crippen LogP contribution >= 0.6 is 0 Å². The average Bonchev–Trinajstić information content (AvgIpc) is 2.96. The normalized spacial score (nSPS) is 11.7. The lowest BCUT2D eigenvalue weighted by Crippen LogP contribution is -2.10. The van der Waals surface area contributed by atoms with E-state index in [1.54, 1.807) is 12.1 Å². The number of carbonyl (C=O) groups excluding carboxylic acids is 1. The summed E-state index contributed by atoms with van der Waals surface area (Å²) in [5.74, 6) is 0.0188. The van der Waals surface area contributed by atoms with Crippen molar-refractivity contribution in [2.45, 2.75) is 26.2 Å². The Hall–Kier alpha value is -2.62. The Labute approximate surface area is 135 Å². The summed E-state index contributed by atoms with van der Waals surface area (Å²) < 4.78 is 10.7. The van der Waals surface area contributed by atoms with Gasteiger partial charge in [-0.05, 0) is 35.2 Å². The van der Waals surface area contributed by atoms with Gasteiger partial charge in [0.05, 0.1) is 18.2 Å². The van der Waals surface area contributed by atoms with Gasteiger partial charge < -0.3 is 9.15 Å². The topological polar surface area (TPSA) is 52.3 Å². The third-order valence-corrected chi connectivity index (χ3v) is 3.82. The molecule has 0 saturated carbocycles. The fraction of sp³-hybridized carbons (Fsp3) is 0.263. The predicted octanol–water partition coefficient (Wildman–Crippen LogP) is 4.58. The van der Waals surface area contributed by atoms with Crippen LogP contribution < -0.4 is 0 Å². The zero-order valence-electron chi connectivity index (χ0n) is 13.7. The van der Waals surface area contributed by atoms with E-state index in [9.17, 15) is 4.79 Å². The number of methoxy groups -OCH3 is 1. The van der Waals surface area contributed by atoms with E-state index in [1.807, 2.05) is 30.3 Å². The Morgan fingerprint density at radius 1 is 1.13 bits per heavy atom. The number of oxazole rings is 1. The van der Waals surface area contributed by atoms with Gasteiger partial charge in [0.25, 0.3) is 0 Å². The lowest BCUT2D eigenvalue weighted by molar-refractivity contribution is 0.0601. The van der Waals surface area contributed by atoms with Gasteiger partial charge in [-0.25, -0.2) is 9.78 Å². The number of esters is 1. The molecule has 0 aliphatic carbocycles. The molecule has 118 valence electrons. The third kappa shape index (κ3) is 2.84. The molecule has 3 aromatic rings. The van der Waals surface area contributed by atoms with E-state index in [4.69, 9.17) is 9.15 Å². The number of benzene rings is 2. The van der Waals surface area contributed by atoms with E-state index in [0.717, 1.165) is 5.52 Å². The Morgan fingerprint density at radius 3 is 2.57 bits per heavy atom. The van der Waals surface area contributed by atoms with Gasteiger partial charge in [-0.3, -0.25) is 0 Å². The second kappa shape index (κ2) is 5.54. The first-order valence-electron chi connectivity index (χ1n) is 7.49. The zero-order chi connectivity index (χ0) is 16.6. The Bertz CT molecular complexity index is 872. The molecule has 2 aromatic carbocycles. The van der Waals surface area contributed by atoms with Gasteiger partial charge in [-0.1, -0.05) is 39.0 Å². The minimum Gasteiger partial charge on any atom is -0.465 e. The molecule has 3 rings (SSSR count). The molecule has 1 aromatic heterocycles. The van der Waals surface area contributed by atoms with Crippen molar-refractivity contribution >= 4 is 17.1 Å². The highest BCUT2D eigenvalue weighted by Crippen LogP contribution is 2.30.